The number of aryl methyl sites for hydroxylation is 6. The van der Waals surface area contributed by atoms with Gasteiger partial charge >= 0.3 is 0 Å². The lowest BCUT2D eigenvalue weighted by Crippen LogP contribution is -2.15. The van der Waals surface area contributed by atoms with Crippen molar-refractivity contribution < 1.29 is 0 Å². The van der Waals surface area contributed by atoms with Gasteiger partial charge in [-0.1, -0.05) is 103 Å². The van der Waals surface area contributed by atoms with E-state index >= 15 is 0 Å². The number of rotatable bonds is 4. The summed E-state index contributed by atoms with van der Waals surface area (Å²) < 4.78 is 2.44. The zero-order chi connectivity index (χ0) is 37.2. The van der Waals surface area contributed by atoms with Crippen LogP contribution in [0.2, 0.25) is 0 Å². The van der Waals surface area contributed by atoms with Gasteiger partial charge in [0, 0.05) is 33.3 Å². The molecule has 11 rings (SSSR count). The molecule has 0 amide bonds. The van der Waals surface area contributed by atoms with E-state index in [4.69, 9.17) is 4.98 Å². The van der Waals surface area contributed by atoms with Crippen molar-refractivity contribution in [2.75, 3.05) is 0 Å². The molecule has 2 aliphatic rings. The van der Waals surface area contributed by atoms with Crippen molar-refractivity contribution in [1.82, 2.24) is 14.5 Å². The number of hydrogen-bond donors (Lipinski definition) is 1. The van der Waals surface area contributed by atoms with Gasteiger partial charge in [0.2, 0.25) is 0 Å². The summed E-state index contributed by atoms with van der Waals surface area (Å²) in [4.78, 5) is 8.82. The van der Waals surface area contributed by atoms with Crippen LogP contribution in [0.5, 0.6) is 0 Å². The molecule has 0 aliphatic heterocycles. The molecule has 3 aromatic heterocycles. The Bertz CT molecular complexity index is 2990. The zero-order valence-electron chi connectivity index (χ0n) is 31.7. The molecule has 55 heavy (non-hydrogen) atoms. The summed E-state index contributed by atoms with van der Waals surface area (Å²) in [6, 6.07) is 43.0. The van der Waals surface area contributed by atoms with Crippen molar-refractivity contribution in [1.29, 1.82) is 0 Å². The average molecular weight is 710 g/mol. The quantitative estimate of drug-likeness (QED) is 0.181. The number of aromatic amines is 1. The Balaban J connectivity index is 0.000000703. The van der Waals surface area contributed by atoms with Crippen LogP contribution in [0.15, 0.2) is 146 Å². The fourth-order valence-electron chi connectivity index (χ4n) is 9.22. The Morgan fingerprint density at radius 1 is 0.618 bits per heavy atom. The molecule has 0 fully saturated rings. The van der Waals surface area contributed by atoms with Gasteiger partial charge in [-0.15, -0.1) is 0 Å². The minimum atomic E-state index is 0.976. The van der Waals surface area contributed by atoms with Crippen molar-refractivity contribution in [2.45, 2.75) is 46.5 Å². The van der Waals surface area contributed by atoms with Gasteiger partial charge in [0.25, 0.3) is 0 Å². The van der Waals surface area contributed by atoms with E-state index in [1.54, 1.807) is 6.08 Å². The van der Waals surface area contributed by atoms with Gasteiger partial charge in [-0.05, 0) is 151 Å². The third kappa shape index (κ3) is 5.37. The standard InChI is InChI=1S/C47H35N3.C5H8/c1-27-6-10-29(11-7-27)31-16-20-41-37(23-31)39-25-33-14-15-34-26-40-38-24-32(30-12-8-28(2)9-13-30)17-21-42(38)50(43-5-3-4-22-48-43)47(40)36-19-18-35(46(39)49-41)44(33)45(34)36;1-3-5-4-2/h3-13,16-17,20-26,49H,14-15,18-19H2,1-2H3;3-5H,1H2,2H3/b;5-4-. The molecule has 0 spiro atoms. The number of fused-ring (bicyclic) bond motifs is 8. The molecule has 2 aliphatic carbocycles. The minimum Gasteiger partial charge on any atom is -0.354 e. The molecule has 0 saturated carbocycles. The van der Waals surface area contributed by atoms with E-state index in [2.05, 4.69) is 139 Å². The molecule has 0 bridgehead atoms. The van der Waals surface area contributed by atoms with Crippen molar-refractivity contribution in [3.63, 3.8) is 0 Å². The predicted octanol–water partition coefficient (Wildman–Crippen LogP) is 13.4. The fraction of sp³-hybridized carbons (Fsp3) is 0.135. The summed E-state index contributed by atoms with van der Waals surface area (Å²) in [5.41, 5.74) is 21.6. The van der Waals surface area contributed by atoms with E-state index in [1.165, 1.54) is 110 Å². The smallest absolute Gasteiger partial charge is 0.137 e. The third-order valence-corrected chi connectivity index (χ3v) is 11.8. The number of H-pyrrole nitrogens is 1. The highest BCUT2D eigenvalue weighted by Crippen LogP contribution is 2.50. The number of allylic oxidation sites excluding steroid dienone is 3. The maximum atomic E-state index is 4.92. The third-order valence-electron chi connectivity index (χ3n) is 11.8. The number of pyridine rings is 1. The molecule has 0 saturated heterocycles. The monoisotopic (exact) mass is 709 g/mol. The minimum absolute atomic E-state index is 0.976. The summed E-state index contributed by atoms with van der Waals surface area (Å²) in [5.74, 6) is 0.976. The summed E-state index contributed by atoms with van der Waals surface area (Å²) in [6.45, 7) is 9.72. The van der Waals surface area contributed by atoms with Crippen LogP contribution in [0.25, 0.3) is 82.8 Å². The molecular weight excluding hydrogens is 667 g/mol. The SMILES string of the molecule is C=C/C=C\C.Cc1ccc(-c2ccc3[nH]c4c5c6c(cc4c3c2)CCc2cc3c4cc(-c7ccc(C)cc7)ccc4n(-c4ccccn4)c3c(c2-6)CC5)cc1. The van der Waals surface area contributed by atoms with Gasteiger partial charge in [0.05, 0.1) is 16.6 Å². The number of hydrogen-bond acceptors (Lipinski definition) is 1. The average Bonchev–Trinajstić information content (AvgIpc) is 3.76. The number of nitrogens with one attached hydrogen (secondary N) is 1. The predicted molar refractivity (Wildman–Crippen MR) is 234 cm³/mol. The molecule has 3 heterocycles. The Hall–Kier alpha value is -6.45. The van der Waals surface area contributed by atoms with Gasteiger partial charge in [0.1, 0.15) is 5.82 Å². The lowest BCUT2D eigenvalue weighted by Gasteiger charge is -2.31. The van der Waals surface area contributed by atoms with Crippen molar-refractivity contribution in [2.24, 2.45) is 0 Å². The Kier molecular flexibility index (Phi) is 7.92. The lowest BCUT2D eigenvalue weighted by atomic mass is 9.74. The number of nitrogens with zero attached hydrogens (tertiary/aromatic N) is 2. The molecule has 6 aromatic carbocycles. The molecule has 266 valence electrons. The Morgan fingerprint density at radius 2 is 1.24 bits per heavy atom. The first-order valence-corrected chi connectivity index (χ1v) is 19.5. The number of benzene rings is 6. The highest BCUT2D eigenvalue weighted by atomic mass is 15.1. The molecule has 0 unspecified atom stereocenters. The molecule has 3 heteroatoms. The van der Waals surface area contributed by atoms with Gasteiger partial charge in [0.15, 0.2) is 0 Å². The highest BCUT2D eigenvalue weighted by molar-refractivity contribution is 6.16. The summed E-state index contributed by atoms with van der Waals surface area (Å²) in [7, 11) is 0. The van der Waals surface area contributed by atoms with Crippen LogP contribution in [-0.2, 0) is 25.7 Å². The van der Waals surface area contributed by atoms with Crippen molar-refractivity contribution >= 4 is 43.6 Å². The Morgan fingerprint density at radius 3 is 1.87 bits per heavy atom. The maximum Gasteiger partial charge on any atom is 0.137 e. The van der Waals surface area contributed by atoms with Gasteiger partial charge < -0.3 is 4.98 Å². The first-order valence-electron chi connectivity index (χ1n) is 19.5. The van der Waals surface area contributed by atoms with E-state index < -0.39 is 0 Å². The molecule has 0 radical (unpaired) electrons. The first kappa shape index (κ1) is 33.1. The van der Waals surface area contributed by atoms with Crippen LogP contribution in [0.4, 0.5) is 0 Å². The van der Waals surface area contributed by atoms with Crippen LogP contribution in [0, 0.1) is 13.8 Å². The van der Waals surface area contributed by atoms with Crippen LogP contribution in [-0.4, -0.2) is 14.5 Å². The van der Waals surface area contributed by atoms with E-state index in [-0.39, 0.29) is 0 Å². The molecule has 3 nitrogen and oxygen atoms in total. The van der Waals surface area contributed by atoms with Crippen molar-refractivity contribution in [3.05, 3.63) is 180 Å². The largest absolute Gasteiger partial charge is 0.354 e. The van der Waals surface area contributed by atoms with Crippen molar-refractivity contribution in [3.8, 4) is 39.2 Å². The van der Waals surface area contributed by atoms with Gasteiger partial charge in [-0.2, -0.15) is 0 Å². The zero-order valence-corrected chi connectivity index (χ0v) is 31.7. The summed E-state index contributed by atoms with van der Waals surface area (Å²) >= 11 is 0. The van der Waals surface area contributed by atoms with Crippen LogP contribution < -0.4 is 0 Å². The van der Waals surface area contributed by atoms with Crippen LogP contribution in [0.3, 0.4) is 0 Å². The summed E-state index contributed by atoms with van der Waals surface area (Å²) in [5, 5.41) is 5.33. The molecule has 0 atom stereocenters. The van der Waals surface area contributed by atoms with E-state index in [0.717, 1.165) is 31.5 Å². The van der Waals surface area contributed by atoms with Gasteiger partial charge in [-0.3, -0.25) is 4.57 Å². The normalized spacial score (nSPS) is 13.1. The lowest BCUT2D eigenvalue weighted by molar-refractivity contribution is 0.884. The number of aromatic nitrogens is 3. The Labute approximate surface area is 322 Å². The maximum absolute atomic E-state index is 4.92. The van der Waals surface area contributed by atoms with Crippen LogP contribution >= 0.6 is 0 Å². The van der Waals surface area contributed by atoms with E-state index in [0.29, 0.717) is 0 Å². The summed E-state index contributed by atoms with van der Waals surface area (Å²) in [6.07, 6.45) is 11.6. The van der Waals surface area contributed by atoms with E-state index in [9.17, 15) is 0 Å². The van der Waals surface area contributed by atoms with Crippen LogP contribution in [0.1, 0.15) is 40.3 Å². The highest BCUT2D eigenvalue weighted by Gasteiger charge is 2.32. The molecule has 1 N–H and O–H groups in total. The molecular formula is C52H43N3. The second kappa shape index (κ2) is 13.1. The second-order valence-corrected chi connectivity index (χ2v) is 15.2. The first-order chi connectivity index (χ1) is 27.0. The topological polar surface area (TPSA) is 33.6 Å². The second-order valence-electron chi connectivity index (χ2n) is 15.2. The fourth-order valence-corrected chi connectivity index (χ4v) is 9.22. The van der Waals surface area contributed by atoms with E-state index in [1.807, 2.05) is 31.3 Å². The molecule has 9 aromatic rings. The van der Waals surface area contributed by atoms with Gasteiger partial charge in [-0.25, -0.2) is 4.98 Å².